The second-order valence-electron chi connectivity index (χ2n) is 8.81. The van der Waals surface area contributed by atoms with Gasteiger partial charge in [0.05, 0.1) is 47.6 Å². The van der Waals surface area contributed by atoms with Crippen LogP contribution in [0.15, 0.2) is 36.7 Å². The van der Waals surface area contributed by atoms with Crippen LogP contribution in [-0.2, 0) is 11.2 Å². The molecular formula is C25H25ClF2N4O4. The Hall–Kier alpha value is -3.37. The molecule has 3 aromatic rings. The highest BCUT2D eigenvalue weighted by Gasteiger charge is 2.46. The monoisotopic (exact) mass is 518 g/mol. The largest absolute Gasteiger partial charge is 0.493 e. The number of carbonyl (C=O) groups excluding carboxylic acids is 1. The van der Waals surface area contributed by atoms with E-state index in [4.69, 9.17) is 25.8 Å². The number of anilines is 2. The van der Waals surface area contributed by atoms with Crippen LogP contribution in [0.5, 0.6) is 11.5 Å². The van der Waals surface area contributed by atoms with Gasteiger partial charge in [-0.05, 0) is 25.1 Å². The number of methoxy groups -OCH3 is 1. The van der Waals surface area contributed by atoms with Crippen molar-refractivity contribution in [2.75, 3.05) is 25.6 Å². The van der Waals surface area contributed by atoms with Crippen LogP contribution >= 0.6 is 11.6 Å². The average molecular weight is 519 g/mol. The summed E-state index contributed by atoms with van der Waals surface area (Å²) in [6.07, 6.45) is 1.91. The number of H-pyrrole nitrogens is 1. The first-order valence-electron chi connectivity index (χ1n) is 11.5. The Morgan fingerprint density at radius 2 is 2.17 bits per heavy atom. The lowest BCUT2D eigenvalue weighted by Crippen LogP contribution is -2.39. The van der Waals surface area contributed by atoms with E-state index in [0.717, 1.165) is 5.69 Å². The van der Waals surface area contributed by atoms with Crippen LogP contribution in [0.4, 0.5) is 20.2 Å². The fourth-order valence-electron chi connectivity index (χ4n) is 4.54. The fourth-order valence-corrected chi connectivity index (χ4v) is 4.79. The van der Waals surface area contributed by atoms with Gasteiger partial charge in [0.2, 0.25) is 0 Å². The number of para-hydroxylation sites is 1. The summed E-state index contributed by atoms with van der Waals surface area (Å²) in [5.41, 5.74) is 3.30. The van der Waals surface area contributed by atoms with Gasteiger partial charge < -0.3 is 29.8 Å². The van der Waals surface area contributed by atoms with Gasteiger partial charge in [-0.1, -0.05) is 17.7 Å². The third-order valence-electron chi connectivity index (χ3n) is 6.29. The number of nitrogens with one attached hydrogen (secondary N) is 3. The molecule has 2 atom stereocenters. The zero-order chi connectivity index (χ0) is 25.4. The van der Waals surface area contributed by atoms with E-state index >= 15 is 0 Å². The van der Waals surface area contributed by atoms with Gasteiger partial charge in [-0.15, -0.1) is 0 Å². The van der Waals surface area contributed by atoms with Crippen molar-refractivity contribution in [3.63, 3.8) is 0 Å². The second-order valence-corrected chi connectivity index (χ2v) is 9.21. The predicted molar refractivity (Wildman–Crippen MR) is 131 cm³/mol. The van der Waals surface area contributed by atoms with Crippen LogP contribution in [0.1, 0.15) is 29.4 Å². The molecule has 0 bridgehead atoms. The van der Waals surface area contributed by atoms with Crippen LogP contribution in [0.2, 0.25) is 5.02 Å². The molecule has 1 aromatic carbocycles. The van der Waals surface area contributed by atoms with E-state index in [9.17, 15) is 13.6 Å². The summed E-state index contributed by atoms with van der Waals surface area (Å²) in [7, 11) is 1.50. The maximum Gasteiger partial charge on any atom is 0.279 e. The number of pyridine rings is 1. The van der Waals surface area contributed by atoms with Crippen LogP contribution in [0, 0.1) is 0 Å². The van der Waals surface area contributed by atoms with Crippen molar-refractivity contribution >= 4 is 28.9 Å². The number of aromatic nitrogens is 2. The molecule has 0 aliphatic carbocycles. The number of nitrogens with zero attached hydrogens (tertiary/aromatic N) is 1. The number of rotatable bonds is 7. The number of benzene rings is 1. The summed E-state index contributed by atoms with van der Waals surface area (Å²) in [6, 6.07) is 6.86. The molecule has 3 N–H and O–H groups in total. The maximum atomic E-state index is 14.1. The van der Waals surface area contributed by atoms with Crippen molar-refractivity contribution in [3.05, 3.63) is 52.9 Å². The van der Waals surface area contributed by atoms with Gasteiger partial charge >= 0.3 is 0 Å². The zero-order valence-corrected chi connectivity index (χ0v) is 20.4. The summed E-state index contributed by atoms with van der Waals surface area (Å²) in [5.74, 6) is -2.52. The summed E-state index contributed by atoms with van der Waals surface area (Å²) in [4.78, 5) is 20.5. The highest BCUT2D eigenvalue weighted by Crippen LogP contribution is 2.43. The van der Waals surface area contributed by atoms with Crippen LogP contribution < -0.4 is 20.1 Å². The minimum atomic E-state index is -2.96. The molecule has 11 heteroatoms. The Kier molecular flexibility index (Phi) is 6.48. The summed E-state index contributed by atoms with van der Waals surface area (Å²) in [5, 5.41) is 6.65. The molecule has 190 valence electrons. The zero-order valence-electron chi connectivity index (χ0n) is 19.7. The molecule has 1 fully saturated rings. The SMILES string of the molecule is COc1c(Cl)cccc1Nc1c(-c2ccncc2OCC2OCCC2(F)F)[nH]c2c1C(=O)N[C@H](C)C2. The first-order chi connectivity index (χ1) is 17.3. The van der Waals surface area contributed by atoms with E-state index < -0.39 is 12.0 Å². The van der Waals surface area contributed by atoms with Gasteiger partial charge in [0.25, 0.3) is 11.8 Å². The van der Waals surface area contributed by atoms with Gasteiger partial charge in [-0.25, -0.2) is 8.78 Å². The number of aromatic amines is 1. The molecule has 5 rings (SSSR count). The first kappa shape index (κ1) is 24.3. The molecule has 0 saturated carbocycles. The van der Waals surface area contributed by atoms with E-state index in [-0.39, 0.29) is 37.3 Å². The summed E-state index contributed by atoms with van der Waals surface area (Å²) < 4.78 is 44.6. The van der Waals surface area contributed by atoms with Crippen molar-refractivity contribution in [2.24, 2.45) is 0 Å². The van der Waals surface area contributed by atoms with E-state index in [1.807, 2.05) is 6.92 Å². The lowest BCUT2D eigenvalue weighted by atomic mass is 10.0. The van der Waals surface area contributed by atoms with Gasteiger partial charge in [0.15, 0.2) is 11.9 Å². The Morgan fingerprint density at radius 1 is 1.33 bits per heavy atom. The van der Waals surface area contributed by atoms with Crippen molar-refractivity contribution in [1.29, 1.82) is 0 Å². The van der Waals surface area contributed by atoms with E-state index in [1.54, 1.807) is 30.5 Å². The first-order valence-corrected chi connectivity index (χ1v) is 11.9. The van der Waals surface area contributed by atoms with Gasteiger partial charge in [0, 0.05) is 36.3 Å². The number of ether oxygens (including phenoxy) is 3. The molecule has 2 aliphatic rings. The molecule has 2 aromatic heterocycles. The second kappa shape index (κ2) is 9.59. The smallest absolute Gasteiger partial charge is 0.279 e. The number of alkyl halides is 2. The minimum absolute atomic E-state index is 0.0207. The van der Waals surface area contributed by atoms with Crippen LogP contribution in [0.3, 0.4) is 0 Å². The number of amides is 1. The molecule has 4 heterocycles. The van der Waals surface area contributed by atoms with Crippen molar-refractivity contribution < 1.29 is 27.8 Å². The summed E-state index contributed by atoms with van der Waals surface area (Å²) >= 11 is 6.32. The third-order valence-corrected chi connectivity index (χ3v) is 6.59. The third kappa shape index (κ3) is 4.46. The van der Waals surface area contributed by atoms with Crippen LogP contribution in [0.25, 0.3) is 11.3 Å². The maximum absolute atomic E-state index is 14.1. The molecule has 0 spiro atoms. The molecule has 1 unspecified atom stereocenters. The normalized spacial score (nSPS) is 20.5. The molecule has 2 aliphatic heterocycles. The predicted octanol–water partition coefficient (Wildman–Crippen LogP) is 4.96. The molecule has 0 radical (unpaired) electrons. The van der Waals surface area contributed by atoms with E-state index in [2.05, 4.69) is 20.6 Å². The number of fused-ring (bicyclic) bond motifs is 1. The molecule has 1 saturated heterocycles. The lowest BCUT2D eigenvalue weighted by molar-refractivity contribution is -0.0836. The van der Waals surface area contributed by atoms with Gasteiger partial charge in [-0.2, -0.15) is 0 Å². The van der Waals surface area contributed by atoms with E-state index in [1.165, 1.54) is 13.3 Å². The minimum Gasteiger partial charge on any atom is -0.493 e. The van der Waals surface area contributed by atoms with Crippen LogP contribution in [-0.4, -0.2) is 54.3 Å². The highest BCUT2D eigenvalue weighted by molar-refractivity contribution is 6.32. The van der Waals surface area contributed by atoms with Gasteiger partial charge in [0.1, 0.15) is 12.4 Å². The molecule has 8 nitrogen and oxygen atoms in total. The Morgan fingerprint density at radius 3 is 2.92 bits per heavy atom. The molecule has 36 heavy (non-hydrogen) atoms. The quantitative estimate of drug-likeness (QED) is 0.409. The number of carbonyl (C=O) groups is 1. The number of halogens is 3. The average Bonchev–Trinajstić information content (AvgIpc) is 3.36. The topological polar surface area (TPSA) is 97.5 Å². The standard InChI is InChI=1S/C25H25ClF2N4O4/c1-13-10-17-20(24(33)30-13)22(31-16-5-3-4-15(26)23(16)34-2)21(32-17)14-6-8-29-11-18(14)36-12-19-25(27,28)7-9-35-19/h3-6,8,11,13,19,31-32H,7,9-10,12H2,1-2H3,(H,30,33)/t13-,19?/m1/s1. The Balaban J connectivity index is 1.58. The number of hydrogen-bond donors (Lipinski definition) is 3. The van der Waals surface area contributed by atoms with Crippen molar-refractivity contribution in [1.82, 2.24) is 15.3 Å². The number of hydrogen-bond acceptors (Lipinski definition) is 6. The molecular weight excluding hydrogens is 494 g/mol. The van der Waals surface area contributed by atoms with Gasteiger partial charge in [-0.3, -0.25) is 9.78 Å². The van der Waals surface area contributed by atoms with Crippen molar-refractivity contribution in [3.8, 4) is 22.8 Å². The Labute approximate surface area is 211 Å². The fraction of sp³-hybridized carbons (Fsp3) is 0.360. The highest BCUT2D eigenvalue weighted by atomic mass is 35.5. The Bertz CT molecular complexity index is 1300. The van der Waals surface area contributed by atoms with E-state index in [0.29, 0.717) is 45.4 Å². The van der Waals surface area contributed by atoms with Crippen molar-refractivity contribution in [2.45, 2.75) is 37.8 Å². The lowest BCUT2D eigenvalue weighted by Gasteiger charge is -2.21. The summed E-state index contributed by atoms with van der Waals surface area (Å²) in [6.45, 7) is 1.55. The molecule has 1 amide bonds.